The van der Waals surface area contributed by atoms with Crippen molar-refractivity contribution in [2.75, 3.05) is 14.2 Å². The Morgan fingerprint density at radius 1 is 0.800 bits per heavy atom. The lowest BCUT2D eigenvalue weighted by molar-refractivity contribution is 0.0939. The zero-order valence-electron chi connectivity index (χ0n) is 17.6. The highest BCUT2D eigenvalue weighted by Gasteiger charge is 2.18. The topological polar surface area (TPSA) is 64.6 Å². The molecule has 30 heavy (non-hydrogen) atoms. The molecule has 0 aliphatic heterocycles. The quantitative estimate of drug-likeness (QED) is 0.591. The third kappa shape index (κ3) is 4.51. The second-order valence-corrected chi connectivity index (χ2v) is 7.05. The molecule has 3 aromatic carbocycles. The summed E-state index contributed by atoms with van der Waals surface area (Å²) >= 11 is 0. The van der Waals surface area contributed by atoms with E-state index in [-0.39, 0.29) is 11.7 Å². The molecule has 1 N–H and O–H groups in total. The molecule has 0 unspecified atom stereocenters. The smallest absolute Gasteiger partial charge is 0.252 e. The van der Waals surface area contributed by atoms with Gasteiger partial charge in [0.1, 0.15) is 0 Å². The minimum Gasteiger partial charge on any atom is -0.493 e. The molecule has 0 radical (unpaired) electrons. The molecule has 0 aliphatic carbocycles. The van der Waals surface area contributed by atoms with Crippen molar-refractivity contribution in [2.45, 2.75) is 20.4 Å². The lowest BCUT2D eigenvalue weighted by Crippen LogP contribution is -2.25. The van der Waals surface area contributed by atoms with Crippen LogP contribution in [0.3, 0.4) is 0 Å². The Morgan fingerprint density at radius 2 is 1.50 bits per heavy atom. The second kappa shape index (κ2) is 9.27. The van der Waals surface area contributed by atoms with Gasteiger partial charge in [-0.2, -0.15) is 0 Å². The van der Waals surface area contributed by atoms with Crippen molar-refractivity contribution < 1.29 is 19.1 Å². The van der Waals surface area contributed by atoms with Crippen molar-refractivity contribution in [3.63, 3.8) is 0 Å². The number of hydrogen-bond donors (Lipinski definition) is 1. The Hall–Kier alpha value is -3.60. The lowest BCUT2D eigenvalue weighted by atomic mass is 9.95. The number of benzene rings is 3. The number of ether oxygens (including phenoxy) is 2. The largest absolute Gasteiger partial charge is 0.493 e. The molecule has 0 heterocycles. The van der Waals surface area contributed by atoms with Gasteiger partial charge in [0, 0.05) is 17.7 Å². The molecule has 0 saturated carbocycles. The number of carbonyl (C=O) groups is 2. The van der Waals surface area contributed by atoms with Crippen LogP contribution in [0.4, 0.5) is 0 Å². The van der Waals surface area contributed by atoms with Crippen molar-refractivity contribution >= 4 is 11.7 Å². The van der Waals surface area contributed by atoms with Crippen molar-refractivity contribution in [1.82, 2.24) is 5.32 Å². The minimum absolute atomic E-state index is 0.171. The number of rotatable bonds is 7. The number of nitrogens with one attached hydrogen (secondary N) is 1. The van der Waals surface area contributed by atoms with E-state index in [2.05, 4.69) is 5.32 Å². The van der Waals surface area contributed by atoms with Gasteiger partial charge in [-0.15, -0.1) is 0 Å². The first-order valence-corrected chi connectivity index (χ1v) is 9.64. The van der Waals surface area contributed by atoms with Gasteiger partial charge in [-0.3, -0.25) is 9.59 Å². The van der Waals surface area contributed by atoms with Crippen LogP contribution in [0.5, 0.6) is 11.5 Å². The zero-order valence-corrected chi connectivity index (χ0v) is 17.6. The van der Waals surface area contributed by atoms with Gasteiger partial charge in [0.25, 0.3) is 5.91 Å². The number of ketones is 1. The normalized spacial score (nSPS) is 10.4. The van der Waals surface area contributed by atoms with E-state index in [1.54, 1.807) is 50.6 Å². The number of carbonyl (C=O) groups excluding carboxylic acids is 2. The molecule has 0 aliphatic rings. The van der Waals surface area contributed by atoms with Crippen LogP contribution >= 0.6 is 0 Å². The average Bonchev–Trinajstić information content (AvgIpc) is 2.78. The van der Waals surface area contributed by atoms with E-state index < -0.39 is 0 Å². The highest BCUT2D eigenvalue weighted by Crippen LogP contribution is 2.27. The molecule has 0 bridgehead atoms. The highest BCUT2D eigenvalue weighted by molar-refractivity contribution is 6.15. The predicted octanol–water partition coefficient (Wildman–Crippen LogP) is 4.48. The minimum atomic E-state index is -0.308. The SMILES string of the molecule is COc1ccc(CNC(=O)c2ccccc2C(=O)c2ccc(C)c(C)c2)cc1OC. The Labute approximate surface area is 176 Å². The van der Waals surface area contributed by atoms with Crippen molar-refractivity contribution in [2.24, 2.45) is 0 Å². The molecule has 5 heteroatoms. The Morgan fingerprint density at radius 3 is 2.17 bits per heavy atom. The van der Waals surface area contributed by atoms with E-state index in [9.17, 15) is 9.59 Å². The molecule has 5 nitrogen and oxygen atoms in total. The van der Waals surface area contributed by atoms with Crippen LogP contribution in [0.2, 0.25) is 0 Å². The summed E-state index contributed by atoms with van der Waals surface area (Å²) < 4.78 is 10.5. The van der Waals surface area contributed by atoms with Crippen LogP contribution in [0.15, 0.2) is 60.7 Å². The standard InChI is InChI=1S/C25H25NO4/c1-16-9-11-19(13-17(16)2)24(27)20-7-5-6-8-21(20)25(28)26-15-18-10-12-22(29-3)23(14-18)30-4/h5-14H,15H2,1-4H3,(H,26,28). The van der Waals surface area contributed by atoms with E-state index in [0.717, 1.165) is 16.7 Å². The van der Waals surface area contributed by atoms with E-state index in [4.69, 9.17) is 9.47 Å². The molecule has 0 saturated heterocycles. The lowest BCUT2D eigenvalue weighted by Gasteiger charge is -2.12. The molecule has 0 atom stereocenters. The summed E-state index contributed by atoms with van der Waals surface area (Å²) in [5.41, 5.74) is 4.31. The molecule has 0 fully saturated rings. The summed E-state index contributed by atoms with van der Waals surface area (Å²) in [7, 11) is 3.14. The fraction of sp³-hybridized carbons (Fsp3) is 0.200. The molecule has 3 aromatic rings. The van der Waals surface area contributed by atoms with Crippen molar-refractivity contribution in [3.8, 4) is 11.5 Å². The van der Waals surface area contributed by atoms with Crippen LogP contribution in [0, 0.1) is 13.8 Å². The number of methoxy groups -OCH3 is 2. The molecular formula is C25H25NO4. The molecular weight excluding hydrogens is 378 g/mol. The van der Waals surface area contributed by atoms with Gasteiger partial charge in [-0.05, 0) is 54.8 Å². The first-order valence-electron chi connectivity index (χ1n) is 9.64. The predicted molar refractivity (Wildman–Crippen MR) is 117 cm³/mol. The average molecular weight is 403 g/mol. The van der Waals surface area contributed by atoms with E-state index in [1.807, 2.05) is 38.1 Å². The van der Waals surface area contributed by atoms with Crippen LogP contribution < -0.4 is 14.8 Å². The maximum absolute atomic E-state index is 13.1. The monoisotopic (exact) mass is 403 g/mol. The van der Waals surface area contributed by atoms with Crippen molar-refractivity contribution in [1.29, 1.82) is 0 Å². The second-order valence-electron chi connectivity index (χ2n) is 7.05. The maximum Gasteiger partial charge on any atom is 0.252 e. The van der Waals surface area contributed by atoms with Gasteiger partial charge in [-0.25, -0.2) is 0 Å². The number of aryl methyl sites for hydroxylation is 2. The van der Waals surface area contributed by atoms with Crippen LogP contribution in [-0.2, 0) is 6.54 Å². The Kier molecular flexibility index (Phi) is 6.52. The van der Waals surface area contributed by atoms with E-state index >= 15 is 0 Å². The van der Waals surface area contributed by atoms with Gasteiger partial charge < -0.3 is 14.8 Å². The number of amides is 1. The summed E-state index contributed by atoms with van der Waals surface area (Å²) in [4.78, 5) is 25.9. The fourth-order valence-electron chi connectivity index (χ4n) is 3.19. The molecule has 0 spiro atoms. The first kappa shape index (κ1) is 21.1. The maximum atomic E-state index is 13.1. The highest BCUT2D eigenvalue weighted by atomic mass is 16.5. The fourth-order valence-corrected chi connectivity index (χ4v) is 3.19. The van der Waals surface area contributed by atoms with Crippen LogP contribution in [0.25, 0.3) is 0 Å². The third-order valence-electron chi connectivity index (χ3n) is 5.09. The van der Waals surface area contributed by atoms with Gasteiger partial charge in [0.2, 0.25) is 0 Å². The number of hydrogen-bond acceptors (Lipinski definition) is 4. The molecule has 0 aromatic heterocycles. The summed E-state index contributed by atoms with van der Waals surface area (Å²) in [6.07, 6.45) is 0. The first-order chi connectivity index (χ1) is 14.4. The molecule has 154 valence electrons. The summed E-state index contributed by atoms with van der Waals surface area (Å²) in [6, 6.07) is 17.9. The Bertz CT molecular complexity index is 1090. The third-order valence-corrected chi connectivity index (χ3v) is 5.09. The molecule has 3 rings (SSSR count). The van der Waals surface area contributed by atoms with Crippen LogP contribution in [-0.4, -0.2) is 25.9 Å². The van der Waals surface area contributed by atoms with Gasteiger partial charge in [0.05, 0.1) is 19.8 Å². The Balaban J connectivity index is 1.80. The van der Waals surface area contributed by atoms with Crippen molar-refractivity contribution in [3.05, 3.63) is 94.0 Å². The molecule has 1 amide bonds. The van der Waals surface area contributed by atoms with Gasteiger partial charge >= 0.3 is 0 Å². The van der Waals surface area contributed by atoms with E-state index in [1.165, 1.54) is 0 Å². The summed E-state index contributed by atoms with van der Waals surface area (Å²) in [6.45, 7) is 4.26. The summed E-state index contributed by atoms with van der Waals surface area (Å²) in [5.74, 6) is 0.735. The van der Waals surface area contributed by atoms with Crippen LogP contribution in [0.1, 0.15) is 43.0 Å². The summed E-state index contributed by atoms with van der Waals surface area (Å²) in [5, 5.41) is 2.88. The zero-order chi connectivity index (χ0) is 21.7. The van der Waals surface area contributed by atoms with E-state index in [0.29, 0.717) is 34.7 Å². The van der Waals surface area contributed by atoms with Gasteiger partial charge in [0.15, 0.2) is 17.3 Å². The van der Waals surface area contributed by atoms with Gasteiger partial charge in [-0.1, -0.05) is 36.4 Å².